The summed E-state index contributed by atoms with van der Waals surface area (Å²) in [5, 5.41) is 12.8. The second-order valence-electron chi connectivity index (χ2n) is 11.4. The average Bonchev–Trinajstić information content (AvgIpc) is 3.69. The number of aromatic nitrogens is 2. The molecule has 3 N–H and O–H groups in total. The number of aromatic amines is 1. The van der Waals surface area contributed by atoms with Crippen LogP contribution in [0.1, 0.15) is 39.9 Å². The van der Waals surface area contributed by atoms with Gasteiger partial charge in [0.25, 0.3) is 5.91 Å². The van der Waals surface area contributed by atoms with Crippen LogP contribution in [0.2, 0.25) is 0 Å². The Morgan fingerprint density at radius 3 is 2.65 bits per heavy atom. The number of benzene rings is 2. The number of hydrogen-bond acceptors (Lipinski definition) is 8. The summed E-state index contributed by atoms with van der Waals surface area (Å²) in [6.07, 6.45) is 3.83. The summed E-state index contributed by atoms with van der Waals surface area (Å²) in [5.74, 6) is 0.0596. The number of amides is 1. The van der Waals surface area contributed by atoms with Crippen LogP contribution in [0.5, 0.6) is 11.5 Å². The van der Waals surface area contributed by atoms with Gasteiger partial charge < -0.3 is 24.9 Å². The fourth-order valence-corrected chi connectivity index (χ4v) is 5.54. The lowest BCUT2D eigenvalue weighted by molar-refractivity contribution is -0.145. The van der Waals surface area contributed by atoms with Crippen molar-refractivity contribution in [1.29, 1.82) is 0 Å². The second kappa shape index (κ2) is 14.9. The first-order chi connectivity index (χ1) is 22.2. The number of aliphatic hydroxyl groups is 1. The highest BCUT2D eigenvalue weighted by atomic mass is 19.1. The van der Waals surface area contributed by atoms with Gasteiger partial charge in [0.05, 0.1) is 30.2 Å². The molecule has 5 rings (SSSR count). The lowest BCUT2D eigenvalue weighted by Crippen LogP contribution is -2.38. The van der Waals surface area contributed by atoms with Crippen molar-refractivity contribution in [1.82, 2.24) is 20.2 Å². The Balaban J connectivity index is 1.11. The smallest absolute Gasteiger partial charge is 0.323 e. The van der Waals surface area contributed by atoms with Gasteiger partial charge in [0.1, 0.15) is 29.1 Å². The Morgan fingerprint density at radius 2 is 1.87 bits per heavy atom. The third-order valence-electron chi connectivity index (χ3n) is 7.86. The van der Waals surface area contributed by atoms with E-state index >= 15 is 0 Å². The molecule has 1 aliphatic heterocycles. The quantitative estimate of drug-likeness (QED) is 0.147. The van der Waals surface area contributed by atoms with Crippen molar-refractivity contribution in [2.75, 3.05) is 26.7 Å². The number of aliphatic hydroxyl groups excluding tert-OH is 1. The molecular formula is C35H37FN4O6. The first-order valence-corrected chi connectivity index (χ1v) is 15.1. The van der Waals surface area contributed by atoms with Gasteiger partial charge in [-0.3, -0.25) is 24.3 Å². The van der Waals surface area contributed by atoms with Gasteiger partial charge >= 0.3 is 5.97 Å². The Labute approximate surface area is 266 Å². The van der Waals surface area contributed by atoms with E-state index in [-0.39, 0.29) is 36.3 Å². The Morgan fingerprint density at radius 1 is 1.07 bits per heavy atom. The topological polar surface area (TPSA) is 134 Å². The van der Waals surface area contributed by atoms with E-state index in [1.807, 2.05) is 24.0 Å². The highest BCUT2D eigenvalue weighted by molar-refractivity contribution is 5.95. The summed E-state index contributed by atoms with van der Waals surface area (Å²) in [5.41, 5.74) is 3.79. The number of esters is 1. The molecule has 0 spiro atoms. The van der Waals surface area contributed by atoms with Crippen LogP contribution in [0.3, 0.4) is 0 Å². The molecule has 3 heterocycles. The molecule has 1 saturated heterocycles. The summed E-state index contributed by atoms with van der Waals surface area (Å²) in [6, 6.07) is 16.6. The number of halogens is 1. The number of ketones is 1. The number of nitrogens with one attached hydrogen (secondary N) is 2. The molecule has 0 radical (unpaired) electrons. The number of carbonyl (C=O) groups excluding carboxylic acids is 3. The molecule has 10 nitrogen and oxygen atoms in total. The van der Waals surface area contributed by atoms with Gasteiger partial charge in [-0.05, 0) is 54.8 Å². The van der Waals surface area contributed by atoms with E-state index in [9.17, 15) is 23.9 Å². The van der Waals surface area contributed by atoms with Gasteiger partial charge in [0, 0.05) is 57.4 Å². The zero-order chi connectivity index (χ0) is 32.6. The van der Waals surface area contributed by atoms with Crippen molar-refractivity contribution in [3.8, 4) is 22.9 Å². The lowest BCUT2D eigenvalue weighted by Gasteiger charge is -2.21. The van der Waals surface area contributed by atoms with Crippen molar-refractivity contribution in [2.24, 2.45) is 0 Å². The average molecular weight is 629 g/mol. The molecule has 2 atom stereocenters. The minimum absolute atomic E-state index is 0.0387. The number of pyridine rings is 1. The highest BCUT2D eigenvalue weighted by Crippen LogP contribution is 2.26. The number of H-pyrrole nitrogens is 1. The van der Waals surface area contributed by atoms with Crippen LogP contribution in [0.15, 0.2) is 73.1 Å². The lowest BCUT2D eigenvalue weighted by atomic mass is 10.0. The van der Waals surface area contributed by atoms with E-state index < -0.39 is 12.1 Å². The van der Waals surface area contributed by atoms with E-state index in [0.29, 0.717) is 66.5 Å². The fourth-order valence-electron chi connectivity index (χ4n) is 5.54. The third-order valence-corrected chi connectivity index (χ3v) is 7.86. The summed E-state index contributed by atoms with van der Waals surface area (Å²) in [7, 11) is 1.33. The number of likely N-dealkylation sites (tertiary alicyclic amines) is 1. The molecule has 0 unspecified atom stereocenters. The van der Waals surface area contributed by atoms with Crippen molar-refractivity contribution in [2.45, 2.75) is 44.8 Å². The number of aryl methyl sites for hydroxylation is 1. The maximum atomic E-state index is 14.0. The van der Waals surface area contributed by atoms with Crippen LogP contribution in [0.4, 0.5) is 4.39 Å². The molecule has 0 saturated carbocycles. The van der Waals surface area contributed by atoms with Gasteiger partial charge in [0.2, 0.25) is 0 Å². The minimum Gasteiger partial charge on any atom is -0.468 e. The molecule has 1 aliphatic rings. The Bertz CT molecular complexity index is 1690. The summed E-state index contributed by atoms with van der Waals surface area (Å²) in [4.78, 5) is 46.6. The predicted molar refractivity (Wildman–Crippen MR) is 169 cm³/mol. The maximum absolute atomic E-state index is 14.0. The van der Waals surface area contributed by atoms with Gasteiger partial charge in [-0.2, -0.15) is 0 Å². The van der Waals surface area contributed by atoms with E-state index in [2.05, 4.69) is 15.3 Å². The predicted octanol–water partition coefficient (Wildman–Crippen LogP) is 4.40. The van der Waals surface area contributed by atoms with Crippen molar-refractivity contribution in [3.05, 3.63) is 101 Å². The molecule has 1 fully saturated rings. The zero-order valence-electron chi connectivity index (χ0n) is 25.8. The molecular weight excluding hydrogens is 591 g/mol. The van der Waals surface area contributed by atoms with Crippen LogP contribution in [0, 0.1) is 12.7 Å². The van der Waals surface area contributed by atoms with Crippen LogP contribution in [-0.4, -0.2) is 76.5 Å². The Hall–Kier alpha value is -4.87. The van der Waals surface area contributed by atoms with E-state index in [4.69, 9.17) is 9.47 Å². The molecule has 0 aliphatic carbocycles. The largest absolute Gasteiger partial charge is 0.468 e. The van der Waals surface area contributed by atoms with Gasteiger partial charge in [0.15, 0.2) is 0 Å². The fraction of sp³-hybridized carbons (Fsp3) is 0.314. The SMILES string of the molecule is COC(=O)[C@@H]1C[C@@H](O)CN1CCCNC(=O)c1c[nH]c(-c2cc(Oc3ccc(CC(=O)Cc4cc(C)ccc4F)cc3)ccn2)c1. The van der Waals surface area contributed by atoms with Crippen molar-refractivity contribution < 1.29 is 33.4 Å². The maximum Gasteiger partial charge on any atom is 0.323 e. The number of ether oxygens (including phenoxy) is 2. The van der Waals surface area contributed by atoms with Gasteiger partial charge in [-0.25, -0.2) is 4.39 Å². The summed E-state index contributed by atoms with van der Waals surface area (Å²) >= 11 is 0. The number of Topliss-reactive ketones (excluding diaryl/α,β-unsaturated/α-hetero) is 1. The van der Waals surface area contributed by atoms with Crippen molar-refractivity contribution in [3.63, 3.8) is 0 Å². The van der Waals surface area contributed by atoms with Crippen molar-refractivity contribution >= 4 is 17.7 Å². The van der Waals surface area contributed by atoms with Gasteiger partial charge in [-0.1, -0.05) is 29.8 Å². The molecule has 4 aromatic rings. The number of hydrogen-bond donors (Lipinski definition) is 3. The number of carbonyl (C=O) groups is 3. The molecule has 11 heteroatoms. The molecule has 2 aromatic heterocycles. The van der Waals surface area contributed by atoms with E-state index in [0.717, 1.165) is 11.1 Å². The molecule has 1 amide bonds. The molecule has 2 aromatic carbocycles. The highest BCUT2D eigenvalue weighted by Gasteiger charge is 2.36. The van der Waals surface area contributed by atoms with E-state index in [1.165, 1.54) is 13.2 Å². The first kappa shape index (κ1) is 32.5. The molecule has 46 heavy (non-hydrogen) atoms. The minimum atomic E-state index is -0.569. The normalized spacial score (nSPS) is 16.3. The van der Waals surface area contributed by atoms with Crippen LogP contribution in [-0.2, 0) is 27.2 Å². The third kappa shape index (κ3) is 8.43. The van der Waals surface area contributed by atoms with Crippen LogP contribution in [0.25, 0.3) is 11.4 Å². The first-order valence-electron chi connectivity index (χ1n) is 15.1. The zero-order valence-corrected chi connectivity index (χ0v) is 25.8. The number of rotatable bonds is 13. The number of methoxy groups -OCH3 is 1. The van der Waals surface area contributed by atoms with Crippen LogP contribution >= 0.6 is 0 Å². The molecule has 0 bridgehead atoms. The summed E-state index contributed by atoms with van der Waals surface area (Å²) < 4.78 is 24.9. The van der Waals surface area contributed by atoms with Gasteiger partial charge in [-0.15, -0.1) is 0 Å². The number of β-amino-alcohol motifs (C(OH)–C–C–N with tert-alkyl or cyclic N) is 1. The standard InChI is InChI=1S/C35H37FN4O6/c1-22-4-9-30(36)24(14-22)16-26(41)15-23-5-7-28(8-6-23)46-29-10-12-37-32(19-29)31-17-25(20-39-31)34(43)38-11-3-13-40-21-27(42)18-33(40)35(44)45-2/h4-10,12,14,17,19-20,27,33,39,42H,3,11,13,15-16,18,21H2,1-2H3,(H,38,43)/t27-,33+/m1/s1. The van der Waals surface area contributed by atoms with Crippen LogP contribution < -0.4 is 10.1 Å². The molecule has 240 valence electrons. The monoisotopic (exact) mass is 628 g/mol. The summed E-state index contributed by atoms with van der Waals surface area (Å²) in [6.45, 7) is 3.21. The Kier molecular flexibility index (Phi) is 10.6. The number of nitrogens with zero attached hydrogens (tertiary/aromatic N) is 2. The second-order valence-corrected chi connectivity index (χ2v) is 11.4. The van der Waals surface area contributed by atoms with E-state index in [1.54, 1.807) is 54.9 Å².